The zero-order chi connectivity index (χ0) is 13.8. The third kappa shape index (κ3) is 3.26. The second-order valence-corrected chi connectivity index (χ2v) is 4.71. The molecule has 2 aromatic carbocycles. The van der Waals surface area contributed by atoms with Crippen LogP contribution in [0.4, 0.5) is 0 Å². The van der Waals surface area contributed by atoms with Gasteiger partial charge in [0.2, 0.25) is 0 Å². The van der Waals surface area contributed by atoms with Gasteiger partial charge in [0.15, 0.2) is 0 Å². The smallest absolute Gasteiger partial charge is 0.132 e. The van der Waals surface area contributed by atoms with Gasteiger partial charge in [0.05, 0.1) is 10.6 Å². The first kappa shape index (κ1) is 13.4. The fourth-order valence-electron chi connectivity index (χ4n) is 1.73. The van der Waals surface area contributed by atoms with Crippen LogP contribution in [0.3, 0.4) is 0 Å². The van der Waals surface area contributed by atoms with E-state index in [9.17, 15) is 0 Å². The van der Waals surface area contributed by atoms with Gasteiger partial charge in [0.25, 0.3) is 0 Å². The minimum atomic E-state index is -0.0930. The molecule has 0 heterocycles. The molecule has 98 valence electrons. The van der Waals surface area contributed by atoms with Crippen LogP contribution in [0, 0.1) is 12.3 Å². The molecule has 0 spiro atoms. The molecule has 0 bridgehead atoms. The molecule has 0 radical (unpaired) electrons. The van der Waals surface area contributed by atoms with Crippen LogP contribution in [0.2, 0.25) is 5.02 Å². The second-order valence-electron chi connectivity index (χ2n) is 4.30. The first-order valence-corrected chi connectivity index (χ1v) is 6.27. The molecule has 4 heteroatoms. The van der Waals surface area contributed by atoms with Crippen LogP contribution in [-0.4, -0.2) is 5.84 Å². The summed E-state index contributed by atoms with van der Waals surface area (Å²) in [4.78, 5) is 0. The Morgan fingerprint density at radius 3 is 2.53 bits per heavy atom. The van der Waals surface area contributed by atoms with Crippen molar-refractivity contribution >= 4 is 17.4 Å². The summed E-state index contributed by atoms with van der Waals surface area (Å²) in [6.45, 7) is 2.45. The van der Waals surface area contributed by atoms with Gasteiger partial charge in [-0.3, -0.25) is 5.41 Å². The van der Waals surface area contributed by atoms with Gasteiger partial charge < -0.3 is 10.5 Å². The summed E-state index contributed by atoms with van der Waals surface area (Å²) in [7, 11) is 0. The number of halogens is 1. The molecule has 0 aliphatic rings. The molecular formula is C15H15ClN2O. The average molecular weight is 275 g/mol. The largest absolute Gasteiger partial charge is 0.488 e. The van der Waals surface area contributed by atoms with Gasteiger partial charge in [-0.2, -0.15) is 0 Å². The zero-order valence-corrected chi connectivity index (χ0v) is 11.4. The lowest BCUT2D eigenvalue weighted by Gasteiger charge is -2.12. The van der Waals surface area contributed by atoms with Crippen LogP contribution in [0.15, 0.2) is 42.5 Å². The third-order valence-corrected chi connectivity index (χ3v) is 3.07. The van der Waals surface area contributed by atoms with E-state index in [0.717, 1.165) is 5.56 Å². The lowest BCUT2D eigenvalue weighted by molar-refractivity contribution is 0.305. The fourth-order valence-corrected chi connectivity index (χ4v) is 2.00. The molecule has 0 saturated carbocycles. The fraction of sp³-hybridized carbons (Fsp3) is 0.133. The van der Waals surface area contributed by atoms with E-state index in [2.05, 4.69) is 0 Å². The highest BCUT2D eigenvalue weighted by atomic mass is 35.5. The van der Waals surface area contributed by atoms with Crippen molar-refractivity contribution in [2.24, 2.45) is 5.73 Å². The first-order chi connectivity index (χ1) is 9.08. The molecule has 0 fully saturated rings. The molecule has 0 atom stereocenters. The summed E-state index contributed by atoms with van der Waals surface area (Å²) in [5.74, 6) is 0.435. The van der Waals surface area contributed by atoms with Gasteiger partial charge in [-0.05, 0) is 24.6 Å². The second kappa shape index (κ2) is 5.76. The van der Waals surface area contributed by atoms with Crippen LogP contribution in [0.5, 0.6) is 5.75 Å². The summed E-state index contributed by atoms with van der Waals surface area (Å²) < 4.78 is 5.70. The van der Waals surface area contributed by atoms with Crippen molar-refractivity contribution in [3.8, 4) is 5.75 Å². The van der Waals surface area contributed by atoms with Gasteiger partial charge in [0, 0.05) is 0 Å². The number of rotatable bonds is 4. The van der Waals surface area contributed by atoms with E-state index in [0.29, 0.717) is 22.9 Å². The molecular weight excluding hydrogens is 260 g/mol. The highest BCUT2D eigenvalue weighted by Crippen LogP contribution is 2.26. The highest BCUT2D eigenvalue weighted by molar-refractivity contribution is 6.34. The van der Waals surface area contributed by atoms with E-state index < -0.39 is 0 Å². The average Bonchev–Trinajstić information content (AvgIpc) is 2.37. The molecule has 0 aliphatic heterocycles. The Kier molecular flexibility index (Phi) is 4.07. The van der Waals surface area contributed by atoms with Crippen molar-refractivity contribution in [1.82, 2.24) is 0 Å². The lowest BCUT2D eigenvalue weighted by atomic mass is 10.1. The Bertz CT molecular complexity index is 594. The molecule has 3 nitrogen and oxygen atoms in total. The Hall–Kier alpha value is -2.00. The van der Waals surface area contributed by atoms with Crippen LogP contribution >= 0.6 is 11.6 Å². The van der Waals surface area contributed by atoms with Crippen molar-refractivity contribution in [3.05, 3.63) is 64.2 Å². The Labute approximate surface area is 117 Å². The van der Waals surface area contributed by atoms with E-state index in [1.165, 1.54) is 5.56 Å². The molecule has 0 aliphatic carbocycles. The van der Waals surface area contributed by atoms with Crippen LogP contribution in [-0.2, 0) is 6.61 Å². The Morgan fingerprint density at radius 1 is 1.21 bits per heavy atom. The van der Waals surface area contributed by atoms with Gasteiger partial charge in [-0.1, -0.05) is 47.5 Å². The van der Waals surface area contributed by atoms with Crippen LogP contribution in [0.1, 0.15) is 16.7 Å². The molecule has 0 amide bonds. The number of nitrogens with one attached hydrogen (secondary N) is 1. The van der Waals surface area contributed by atoms with Gasteiger partial charge in [-0.25, -0.2) is 0 Å². The van der Waals surface area contributed by atoms with E-state index in [1.807, 2.05) is 31.2 Å². The third-order valence-electron chi connectivity index (χ3n) is 2.76. The van der Waals surface area contributed by atoms with E-state index >= 15 is 0 Å². The van der Waals surface area contributed by atoms with E-state index in [1.54, 1.807) is 18.2 Å². The number of aryl methyl sites for hydroxylation is 1. The van der Waals surface area contributed by atoms with Crippen LogP contribution < -0.4 is 10.5 Å². The standard InChI is InChI=1S/C15H15ClN2O/c1-10-5-7-11(8-6-10)9-19-13-4-2-3-12(16)14(13)15(17)18/h2-8H,9H2,1H3,(H3,17,18). The summed E-state index contributed by atoms with van der Waals surface area (Å²) in [5, 5.41) is 7.97. The molecule has 2 rings (SSSR count). The maximum atomic E-state index is 7.54. The number of ether oxygens (including phenoxy) is 1. The summed E-state index contributed by atoms with van der Waals surface area (Å²) in [5.41, 5.74) is 8.22. The number of amidine groups is 1. The number of benzene rings is 2. The minimum Gasteiger partial charge on any atom is -0.488 e. The van der Waals surface area contributed by atoms with Crippen molar-refractivity contribution in [2.45, 2.75) is 13.5 Å². The van der Waals surface area contributed by atoms with Crippen molar-refractivity contribution < 1.29 is 4.74 Å². The van der Waals surface area contributed by atoms with Crippen molar-refractivity contribution in [3.63, 3.8) is 0 Å². The summed E-state index contributed by atoms with van der Waals surface area (Å²) in [6, 6.07) is 13.3. The minimum absolute atomic E-state index is 0.0930. The maximum Gasteiger partial charge on any atom is 0.132 e. The molecule has 0 saturated heterocycles. The predicted molar refractivity (Wildman–Crippen MR) is 78.0 cm³/mol. The first-order valence-electron chi connectivity index (χ1n) is 5.89. The quantitative estimate of drug-likeness (QED) is 0.662. The van der Waals surface area contributed by atoms with Crippen LogP contribution in [0.25, 0.3) is 0 Å². The van der Waals surface area contributed by atoms with E-state index in [-0.39, 0.29) is 5.84 Å². The summed E-state index contributed by atoms with van der Waals surface area (Å²) >= 11 is 6.03. The predicted octanol–water partition coefficient (Wildman–Crippen LogP) is 3.51. The van der Waals surface area contributed by atoms with Crippen molar-refractivity contribution in [2.75, 3.05) is 0 Å². The molecule has 3 N–H and O–H groups in total. The Morgan fingerprint density at radius 2 is 1.89 bits per heavy atom. The monoisotopic (exact) mass is 274 g/mol. The number of hydrogen-bond acceptors (Lipinski definition) is 2. The van der Waals surface area contributed by atoms with Gasteiger partial charge in [0.1, 0.15) is 18.2 Å². The number of nitrogen functional groups attached to an aromatic ring is 1. The Balaban J connectivity index is 2.18. The number of hydrogen-bond donors (Lipinski definition) is 2. The van der Waals surface area contributed by atoms with Crippen molar-refractivity contribution in [1.29, 1.82) is 5.41 Å². The normalized spacial score (nSPS) is 10.2. The molecule has 0 unspecified atom stereocenters. The van der Waals surface area contributed by atoms with E-state index in [4.69, 9.17) is 27.5 Å². The molecule has 2 aromatic rings. The molecule has 0 aromatic heterocycles. The molecule has 19 heavy (non-hydrogen) atoms. The summed E-state index contributed by atoms with van der Waals surface area (Å²) in [6.07, 6.45) is 0. The van der Waals surface area contributed by atoms with Gasteiger partial charge in [-0.15, -0.1) is 0 Å². The SMILES string of the molecule is Cc1ccc(COc2cccc(Cl)c2C(=N)N)cc1. The zero-order valence-electron chi connectivity index (χ0n) is 10.6. The lowest BCUT2D eigenvalue weighted by Crippen LogP contribution is -2.13. The van der Waals surface area contributed by atoms with Gasteiger partial charge >= 0.3 is 0 Å². The highest BCUT2D eigenvalue weighted by Gasteiger charge is 2.11. The number of nitrogens with two attached hydrogens (primary N) is 1. The topological polar surface area (TPSA) is 59.1 Å². The maximum absolute atomic E-state index is 7.54.